The average Bonchev–Trinajstić information content (AvgIpc) is 2.59. The number of hydrogen-bond acceptors (Lipinski definition) is 4. The molecule has 1 aromatic heterocycles. The second-order valence-corrected chi connectivity index (χ2v) is 5.53. The van der Waals surface area contributed by atoms with E-state index in [0.29, 0.717) is 17.1 Å². The van der Waals surface area contributed by atoms with E-state index >= 15 is 0 Å². The van der Waals surface area contributed by atoms with Crippen LogP contribution in [-0.2, 0) is 6.18 Å². The molecule has 0 bridgehead atoms. The molecule has 0 amide bonds. The molecular weight excluding hydrogens is 331 g/mol. The molecule has 3 aromatic rings. The number of methoxy groups -OCH3 is 1. The SMILES string of the molecule is COc1ccc(N(C)c2cc(C(F)(F)F)c3ccccc3n2)cc1N. The number of nitrogens with two attached hydrogens (primary N) is 1. The smallest absolute Gasteiger partial charge is 0.417 e. The summed E-state index contributed by atoms with van der Waals surface area (Å²) in [6.45, 7) is 0. The van der Waals surface area contributed by atoms with Crippen molar-refractivity contribution in [2.24, 2.45) is 0 Å². The van der Waals surface area contributed by atoms with Crippen molar-refractivity contribution in [3.05, 3.63) is 54.1 Å². The van der Waals surface area contributed by atoms with Crippen molar-refractivity contribution in [1.82, 2.24) is 4.98 Å². The van der Waals surface area contributed by atoms with Gasteiger partial charge in [0.1, 0.15) is 11.6 Å². The molecule has 2 N–H and O–H groups in total. The zero-order chi connectivity index (χ0) is 18.2. The van der Waals surface area contributed by atoms with Gasteiger partial charge in [0.2, 0.25) is 0 Å². The van der Waals surface area contributed by atoms with Gasteiger partial charge in [0, 0.05) is 18.1 Å². The van der Waals surface area contributed by atoms with E-state index in [2.05, 4.69) is 4.98 Å². The van der Waals surface area contributed by atoms with E-state index < -0.39 is 11.7 Å². The van der Waals surface area contributed by atoms with Gasteiger partial charge >= 0.3 is 6.18 Å². The highest BCUT2D eigenvalue weighted by Crippen LogP contribution is 2.38. The summed E-state index contributed by atoms with van der Waals surface area (Å²) in [7, 11) is 3.13. The lowest BCUT2D eigenvalue weighted by atomic mass is 10.1. The molecule has 0 aliphatic carbocycles. The van der Waals surface area contributed by atoms with Crippen LogP contribution < -0.4 is 15.4 Å². The highest BCUT2D eigenvalue weighted by atomic mass is 19.4. The maximum absolute atomic E-state index is 13.4. The molecule has 7 heteroatoms. The lowest BCUT2D eigenvalue weighted by Gasteiger charge is -2.21. The Kier molecular flexibility index (Phi) is 4.16. The van der Waals surface area contributed by atoms with Crippen LogP contribution in [0.3, 0.4) is 0 Å². The minimum atomic E-state index is -4.48. The lowest BCUT2D eigenvalue weighted by molar-refractivity contribution is -0.136. The Morgan fingerprint density at radius 3 is 2.44 bits per heavy atom. The summed E-state index contributed by atoms with van der Waals surface area (Å²) in [6.07, 6.45) is -4.48. The van der Waals surface area contributed by atoms with E-state index in [9.17, 15) is 13.2 Å². The molecule has 25 heavy (non-hydrogen) atoms. The van der Waals surface area contributed by atoms with Crippen molar-refractivity contribution in [3.8, 4) is 5.75 Å². The number of para-hydroxylation sites is 1. The van der Waals surface area contributed by atoms with E-state index in [1.165, 1.54) is 13.2 Å². The molecule has 130 valence electrons. The standard InChI is InChI=1S/C18H16F3N3O/c1-24(11-7-8-16(25-2)14(22)9-11)17-10-13(18(19,20)21)12-5-3-4-6-15(12)23-17/h3-10H,22H2,1-2H3. The van der Waals surface area contributed by atoms with Crippen LogP contribution in [0.15, 0.2) is 48.5 Å². The van der Waals surface area contributed by atoms with E-state index in [4.69, 9.17) is 10.5 Å². The first-order valence-electron chi connectivity index (χ1n) is 7.45. The van der Waals surface area contributed by atoms with Crippen LogP contribution in [0.5, 0.6) is 5.75 Å². The van der Waals surface area contributed by atoms with Gasteiger partial charge in [0.15, 0.2) is 0 Å². The largest absolute Gasteiger partial charge is 0.495 e. The molecule has 0 atom stereocenters. The van der Waals surface area contributed by atoms with Crippen molar-refractivity contribution in [3.63, 3.8) is 0 Å². The highest BCUT2D eigenvalue weighted by molar-refractivity contribution is 5.85. The number of halogens is 3. The van der Waals surface area contributed by atoms with Crippen molar-refractivity contribution in [1.29, 1.82) is 0 Å². The van der Waals surface area contributed by atoms with E-state index in [1.807, 2.05) is 0 Å². The number of aromatic nitrogens is 1. The second-order valence-electron chi connectivity index (χ2n) is 5.53. The van der Waals surface area contributed by atoms with Crippen LogP contribution in [0.4, 0.5) is 30.4 Å². The van der Waals surface area contributed by atoms with Crippen LogP contribution in [-0.4, -0.2) is 19.1 Å². The Bertz CT molecular complexity index is 925. The molecule has 2 aromatic carbocycles. The Morgan fingerprint density at radius 2 is 1.80 bits per heavy atom. The number of ether oxygens (including phenoxy) is 1. The highest BCUT2D eigenvalue weighted by Gasteiger charge is 2.33. The molecule has 0 saturated carbocycles. The molecule has 0 radical (unpaired) electrons. The number of alkyl halides is 3. The Morgan fingerprint density at radius 1 is 1.08 bits per heavy atom. The third-order valence-electron chi connectivity index (χ3n) is 3.95. The topological polar surface area (TPSA) is 51.4 Å². The molecule has 0 unspecified atom stereocenters. The van der Waals surface area contributed by atoms with Gasteiger partial charge < -0.3 is 15.4 Å². The quantitative estimate of drug-likeness (QED) is 0.703. The van der Waals surface area contributed by atoms with Gasteiger partial charge in [-0.3, -0.25) is 0 Å². The van der Waals surface area contributed by atoms with E-state index in [-0.39, 0.29) is 16.7 Å². The number of nitrogens with zero attached hydrogens (tertiary/aromatic N) is 2. The van der Waals surface area contributed by atoms with Crippen LogP contribution in [0.1, 0.15) is 5.56 Å². The van der Waals surface area contributed by atoms with Gasteiger partial charge in [-0.1, -0.05) is 18.2 Å². The number of hydrogen-bond donors (Lipinski definition) is 1. The summed E-state index contributed by atoms with van der Waals surface area (Å²) in [5.74, 6) is 0.676. The molecule has 4 nitrogen and oxygen atoms in total. The summed E-state index contributed by atoms with van der Waals surface area (Å²) in [6, 6.07) is 12.2. The van der Waals surface area contributed by atoms with Gasteiger partial charge in [0.05, 0.1) is 23.9 Å². The monoisotopic (exact) mass is 347 g/mol. The zero-order valence-electron chi connectivity index (χ0n) is 13.6. The zero-order valence-corrected chi connectivity index (χ0v) is 13.6. The maximum atomic E-state index is 13.4. The Labute approximate surface area is 142 Å². The predicted molar refractivity (Wildman–Crippen MR) is 92.2 cm³/mol. The number of anilines is 3. The summed E-state index contributed by atoms with van der Waals surface area (Å²) in [5, 5.41) is 0.0707. The molecular formula is C18H16F3N3O. The summed E-state index contributed by atoms with van der Waals surface area (Å²) >= 11 is 0. The lowest BCUT2D eigenvalue weighted by Crippen LogP contribution is -2.14. The van der Waals surface area contributed by atoms with Crippen LogP contribution >= 0.6 is 0 Å². The number of pyridine rings is 1. The normalized spacial score (nSPS) is 11.6. The van der Waals surface area contributed by atoms with Gasteiger partial charge in [-0.05, 0) is 30.3 Å². The van der Waals surface area contributed by atoms with E-state index in [0.717, 1.165) is 6.07 Å². The first kappa shape index (κ1) is 16.9. The summed E-state index contributed by atoms with van der Waals surface area (Å²) < 4.78 is 45.4. The fourth-order valence-electron chi connectivity index (χ4n) is 2.63. The Hall–Kier alpha value is -2.96. The number of fused-ring (bicyclic) bond motifs is 1. The van der Waals surface area contributed by atoms with Gasteiger partial charge in [0.25, 0.3) is 0 Å². The fourth-order valence-corrected chi connectivity index (χ4v) is 2.63. The molecule has 0 spiro atoms. The predicted octanol–water partition coefficient (Wildman–Crippen LogP) is 4.61. The van der Waals surface area contributed by atoms with Crippen LogP contribution in [0, 0.1) is 0 Å². The van der Waals surface area contributed by atoms with Gasteiger partial charge in [-0.25, -0.2) is 4.98 Å². The van der Waals surface area contributed by atoms with Crippen LogP contribution in [0.25, 0.3) is 10.9 Å². The van der Waals surface area contributed by atoms with Gasteiger partial charge in [-0.2, -0.15) is 13.2 Å². The maximum Gasteiger partial charge on any atom is 0.417 e. The van der Waals surface area contributed by atoms with Crippen molar-refractivity contribution in [2.75, 3.05) is 24.8 Å². The first-order chi connectivity index (χ1) is 11.8. The summed E-state index contributed by atoms with van der Waals surface area (Å²) in [4.78, 5) is 5.90. The number of rotatable bonds is 3. The molecule has 0 saturated heterocycles. The van der Waals surface area contributed by atoms with Gasteiger partial charge in [-0.15, -0.1) is 0 Å². The van der Waals surface area contributed by atoms with Crippen molar-refractivity contribution < 1.29 is 17.9 Å². The third kappa shape index (κ3) is 3.17. The minimum Gasteiger partial charge on any atom is -0.495 e. The molecule has 0 aliphatic heterocycles. The number of nitrogen functional groups attached to an aromatic ring is 1. The molecule has 0 aliphatic rings. The first-order valence-corrected chi connectivity index (χ1v) is 7.45. The number of benzene rings is 2. The second kappa shape index (κ2) is 6.16. The van der Waals surface area contributed by atoms with Crippen LogP contribution in [0.2, 0.25) is 0 Å². The van der Waals surface area contributed by atoms with E-state index in [1.54, 1.807) is 48.3 Å². The van der Waals surface area contributed by atoms with Crippen molar-refractivity contribution >= 4 is 28.1 Å². The Balaban J connectivity index is 2.13. The fraction of sp³-hybridized carbons (Fsp3) is 0.167. The minimum absolute atomic E-state index is 0.0707. The third-order valence-corrected chi connectivity index (χ3v) is 3.95. The van der Waals surface area contributed by atoms with Crippen molar-refractivity contribution in [2.45, 2.75) is 6.18 Å². The average molecular weight is 347 g/mol. The molecule has 1 heterocycles. The molecule has 0 fully saturated rings. The molecule has 3 rings (SSSR count). The summed E-state index contributed by atoms with van der Waals surface area (Å²) in [5.41, 5.74) is 6.44.